The molecule has 2 fully saturated rings. The van der Waals surface area contributed by atoms with Gasteiger partial charge in [0.15, 0.2) is 0 Å². The molecule has 7 heteroatoms. The van der Waals surface area contributed by atoms with Crippen LogP contribution in [0.1, 0.15) is 42.6 Å². The molecule has 0 amide bonds. The van der Waals surface area contributed by atoms with Gasteiger partial charge in [-0.2, -0.15) is 4.37 Å². The molecule has 2 aliphatic rings. The van der Waals surface area contributed by atoms with E-state index in [2.05, 4.69) is 32.1 Å². The fourth-order valence-corrected chi connectivity index (χ4v) is 5.69. The molecule has 5 nitrogen and oxygen atoms in total. The number of aromatic nitrogens is 2. The van der Waals surface area contributed by atoms with Gasteiger partial charge in [-0.3, -0.25) is 0 Å². The second kappa shape index (κ2) is 8.77. The average Bonchev–Trinajstić information content (AvgIpc) is 3.17. The van der Waals surface area contributed by atoms with Crippen LogP contribution in [0, 0.1) is 5.41 Å². The van der Waals surface area contributed by atoms with Gasteiger partial charge in [-0.25, -0.2) is 4.98 Å². The van der Waals surface area contributed by atoms with Crippen LogP contribution in [0.4, 0.5) is 5.13 Å². The lowest BCUT2D eigenvalue weighted by Gasteiger charge is -2.58. The van der Waals surface area contributed by atoms with Crippen molar-refractivity contribution >= 4 is 28.3 Å². The summed E-state index contributed by atoms with van der Waals surface area (Å²) in [4.78, 5) is 4.67. The van der Waals surface area contributed by atoms with Crippen LogP contribution in [0.2, 0.25) is 5.02 Å². The van der Waals surface area contributed by atoms with E-state index >= 15 is 0 Å². The number of ether oxygens (including phenoxy) is 1. The van der Waals surface area contributed by atoms with Crippen molar-refractivity contribution in [3.8, 4) is 5.75 Å². The number of anilines is 1. The Bertz CT molecular complexity index is 1010. The Morgan fingerprint density at radius 2 is 1.68 bits per heavy atom. The van der Waals surface area contributed by atoms with Crippen LogP contribution in [0.5, 0.6) is 5.75 Å². The molecule has 3 aromatic rings. The molecular formula is C24H27ClN4OS. The first-order valence-electron chi connectivity index (χ1n) is 10.8. The van der Waals surface area contributed by atoms with Crippen molar-refractivity contribution < 1.29 is 4.74 Å². The minimum Gasteiger partial charge on any atom is -0.497 e. The molecule has 0 saturated heterocycles. The molecule has 162 valence electrons. The van der Waals surface area contributed by atoms with E-state index in [0.717, 1.165) is 34.7 Å². The summed E-state index contributed by atoms with van der Waals surface area (Å²) in [5.74, 6) is 1.78. The van der Waals surface area contributed by atoms with Crippen molar-refractivity contribution in [2.24, 2.45) is 5.41 Å². The summed E-state index contributed by atoms with van der Waals surface area (Å²) in [5.41, 5.74) is 3.02. The van der Waals surface area contributed by atoms with Gasteiger partial charge >= 0.3 is 0 Å². The van der Waals surface area contributed by atoms with E-state index in [4.69, 9.17) is 16.3 Å². The number of methoxy groups -OCH3 is 1. The van der Waals surface area contributed by atoms with Gasteiger partial charge in [-0.05, 0) is 66.5 Å². The SMILES string of the molecule is COc1ccc(CNC2CC3(C2)CC(Nc2nc(Cc4ccc(Cl)cc4)ns2)C3)cc1. The molecule has 1 spiro atoms. The second-order valence-electron chi connectivity index (χ2n) is 8.90. The van der Waals surface area contributed by atoms with E-state index in [0.29, 0.717) is 17.5 Å². The summed E-state index contributed by atoms with van der Waals surface area (Å²) >= 11 is 7.42. The van der Waals surface area contributed by atoms with Crippen molar-refractivity contribution in [3.63, 3.8) is 0 Å². The molecule has 2 N–H and O–H groups in total. The molecule has 1 aromatic heterocycles. The Labute approximate surface area is 192 Å². The van der Waals surface area contributed by atoms with Crippen LogP contribution in [0.3, 0.4) is 0 Å². The van der Waals surface area contributed by atoms with E-state index in [1.807, 2.05) is 36.4 Å². The van der Waals surface area contributed by atoms with Gasteiger partial charge in [-0.1, -0.05) is 35.9 Å². The topological polar surface area (TPSA) is 59.1 Å². The summed E-state index contributed by atoms with van der Waals surface area (Å²) in [6, 6.07) is 17.4. The number of halogens is 1. The Hall–Kier alpha value is -2.15. The molecule has 5 rings (SSSR count). The minimum absolute atomic E-state index is 0.527. The average molecular weight is 455 g/mol. The van der Waals surface area contributed by atoms with Crippen molar-refractivity contribution in [3.05, 3.63) is 70.5 Å². The third kappa shape index (κ3) is 4.86. The van der Waals surface area contributed by atoms with Crippen molar-refractivity contribution in [2.45, 2.75) is 50.7 Å². The van der Waals surface area contributed by atoms with Crippen LogP contribution < -0.4 is 15.4 Å². The van der Waals surface area contributed by atoms with E-state index in [1.54, 1.807) is 7.11 Å². The highest BCUT2D eigenvalue weighted by atomic mass is 35.5. The van der Waals surface area contributed by atoms with Gasteiger partial charge in [0.1, 0.15) is 11.6 Å². The maximum absolute atomic E-state index is 5.96. The van der Waals surface area contributed by atoms with E-state index in [9.17, 15) is 0 Å². The normalized spacial score (nSPS) is 24.5. The zero-order valence-electron chi connectivity index (χ0n) is 17.6. The smallest absolute Gasteiger partial charge is 0.202 e. The van der Waals surface area contributed by atoms with Crippen LogP contribution in [-0.2, 0) is 13.0 Å². The number of rotatable bonds is 8. The van der Waals surface area contributed by atoms with Crippen molar-refractivity contribution in [2.75, 3.05) is 12.4 Å². The lowest BCUT2D eigenvalue weighted by Crippen LogP contribution is -2.58. The summed E-state index contributed by atoms with van der Waals surface area (Å²) < 4.78 is 9.73. The largest absolute Gasteiger partial charge is 0.497 e. The quantitative estimate of drug-likeness (QED) is 0.483. The monoisotopic (exact) mass is 454 g/mol. The number of hydrogen-bond acceptors (Lipinski definition) is 6. The van der Waals surface area contributed by atoms with Crippen LogP contribution in [0.25, 0.3) is 0 Å². The minimum atomic E-state index is 0.527. The summed E-state index contributed by atoms with van der Waals surface area (Å²) in [6.07, 6.45) is 5.77. The third-order valence-corrected chi connectivity index (χ3v) is 7.48. The van der Waals surface area contributed by atoms with E-state index in [-0.39, 0.29) is 0 Å². The highest BCUT2D eigenvalue weighted by Gasteiger charge is 2.52. The Morgan fingerprint density at radius 1 is 1.00 bits per heavy atom. The lowest BCUT2D eigenvalue weighted by atomic mass is 9.52. The predicted octanol–water partition coefficient (Wildman–Crippen LogP) is 5.30. The molecule has 2 aromatic carbocycles. The maximum atomic E-state index is 5.96. The fraction of sp³-hybridized carbons (Fsp3) is 0.417. The van der Waals surface area contributed by atoms with Crippen LogP contribution >= 0.6 is 23.1 Å². The fourth-order valence-electron chi connectivity index (χ4n) is 4.90. The second-order valence-corrected chi connectivity index (χ2v) is 10.1. The van der Waals surface area contributed by atoms with E-state index < -0.39 is 0 Å². The highest BCUT2D eigenvalue weighted by Crippen LogP contribution is 2.56. The van der Waals surface area contributed by atoms with Gasteiger partial charge in [0.2, 0.25) is 5.13 Å². The van der Waals surface area contributed by atoms with Gasteiger partial charge in [0.25, 0.3) is 0 Å². The zero-order valence-corrected chi connectivity index (χ0v) is 19.2. The molecule has 0 radical (unpaired) electrons. The number of hydrogen-bond donors (Lipinski definition) is 2. The Kier molecular flexibility index (Phi) is 5.87. The molecule has 0 bridgehead atoms. The maximum Gasteiger partial charge on any atom is 0.202 e. The van der Waals surface area contributed by atoms with Crippen molar-refractivity contribution in [1.82, 2.24) is 14.7 Å². The predicted molar refractivity (Wildman–Crippen MR) is 126 cm³/mol. The molecule has 2 aliphatic carbocycles. The number of nitrogens with zero attached hydrogens (tertiary/aromatic N) is 2. The molecule has 0 atom stereocenters. The summed E-state index contributed by atoms with van der Waals surface area (Å²) in [6.45, 7) is 0.924. The first-order valence-corrected chi connectivity index (χ1v) is 11.9. The first kappa shape index (κ1) is 20.7. The van der Waals surface area contributed by atoms with Crippen LogP contribution in [-0.4, -0.2) is 28.6 Å². The van der Waals surface area contributed by atoms with Gasteiger partial charge in [0, 0.05) is 41.6 Å². The molecule has 31 heavy (non-hydrogen) atoms. The molecule has 1 heterocycles. The zero-order chi connectivity index (χ0) is 21.3. The molecular weight excluding hydrogens is 428 g/mol. The summed E-state index contributed by atoms with van der Waals surface area (Å²) in [7, 11) is 1.70. The standard InChI is InChI=1S/C24H27ClN4OS/c1-30-21-8-4-17(5-9-21)15-26-19-11-24(12-19)13-20(14-24)27-23-28-22(29-31-23)10-16-2-6-18(25)7-3-16/h2-9,19-20,26H,10-15H2,1H3,(H,27,28,29). The molecule has 0 unspecified atom stereocenters. The molecule has 0 aliphatic heterocycles. The summed E-state index contributed by atoms with van der Waals surface area (Å²) in [5, 5.41) is 8.99. The Balaban J connectivity index is 1.03. The van der Waals surface area contributed by atoms with Gasteiger partial charge < -0.3 is 15.4 Å². The first-order chi connectivity index (χ1) is 15.1. The van der Waals surface area contributed by atoms with Crippen molar-refractivity contribution in [1.29, 1.82) is 0 Å². The van der Waals surface area contributed by atoms with Gasteiger partial charge in [0.05, 0.1) is 7.11 Å². The lowest BCUT2D eigenvalue weighted by molar-refractivity contribution is -0.0125. The van der Waals surface area contributed by atoms with Gasteiger partial charge in [-0.15, -0.1) is 0 Å². The molecule has 2 saturated carbocycles. The highest BCUT2D eigenvalue weighted by molar-refractivity contribution is 7.09. The number of nitrogens with one attached hydrogen (secondary N) is 2. The third-order valence-electron chi connectivity index (χ3n) is 6.54. The van der Waals surface area contributed by atoms with E-state index in [1.165, 1.54) is 48.3 Å². The van der Waals surface area contributed by atoms with Crippen LogP contribution in [0.15, 0.2) is 48.5 Å². The Morgan fingerprint density at radius 3 is 2.39 bits per heavy atom. The number of benzene rings is 2.